The Morgan fingerprint density at radius 3 is 2.81 bits per heavy atom. The summed E-state index contributed by atoms with van der Waals surface area (Å²) in [7, 11) is 0. The fourth-order valence-electron chi connectivity index (χ4n) is 2.99. The van der Waals surface area contributed by atoms with Crippen molar-refractivity contribution < 1.29 is 9.84 Å². The first-order valence-electron chi connectivity index (χ1n) is 7.66. The van der Waals surface area contributed by atoms with Gasteiger partial charge in [0.25, 0.3) is 0 Å². The number of nitrogens with zero attached hydrogens (tertiary/aromatic N) is 2. The minimum absolute atomic E-state index is 0.142. The van der Waals surface area contributed by atoms with Crippen molar-refractivity contribution in [3.8, 4) is 0 Å². The minimum Gasteiger partial charge on any atom is -0.394 e. The highest BCUT2D eigenvalue weighted by Crippen LogP contribution is 2.23. The number of fused-ring (bicyclic) bond motifs is 1. The second-order valence-electron chi connectivity index (χ2n) is 5.68. The molecule has 2 N–H and O–H groups in total. The molecule has 2 aromatic rings. The zero-order valence-corrected chi connectivity index (χ0v) is 12.5. The van der Waals surface area contributed by atoms with Gasteiger partial charge in [-0.2, -0.15) is 5.10 Å². The van der Waals surface area contributed by atoms with Crippen molar-refractivity contribution in [1.29, 1.82) is 0 Å². The van der Waals surface area contributed by atoms with Crippen LogP contribution in [0.5, 0.6) is 0 Å². The lowest BCUT2D eigenvalue weighted by molar-refractivity contribution is 0.0110. The predicted octanol–water partition coefficient (Wildman–Crippen LogP) is 1.69. The van der Waals surface area contributed by atoms with E-state index in [0.29, 0.717) is 19.8 Å². The molecule has 5 heteroatoms. The second kappa shape index (κ2) is 6.13. The van der Waals surface area contributed by atoms with E-state index >= 15 is 0 Å². The van der Waals surface area contributed by atoms with Crippen LogP contribution in [0.3, 0.4) is 0 Å². The van der Waals surface area contributed by atoms with Crippen LogP contribution in [-0.4, -0.2) is 40.2 Å². The Morgan fingerprint density at radius 2 is 2.10 bits per heavy atom. The molecule has 21 heavy (non-hydrogen) atoms. The fourth-order valence-corrected chi connectivity index (χ4v) is 2.99. The van der Waals surface area contributed by atoms with Crippen molar-refractivity contribution in [2.75, 3.05) is 19.8 Å². The monoisotopic (exact) mass is 289 g/mol. The number of para-hydroxylation sites is 1. The van der Waals surface area contributed by atoms with Crippen molar-refractivity contribution in [1.82, 2.24) is 15.1 Å². The highest BCUT2D eigenvalue weighted by Gasteiger charge is 2.31. The van der Waals surface area contributed by atoms with Crippen molar-refractivity contribution >= 4 is 10.9 Å². The first-order chi connectivity index (χ1) is 10.3. The van der Waals surface area contributed by atoms with Gasteiger partial charge in [-0.3, -0.25) is 4.68 Å². The molecule has 0 saturated carbocycles. The summed E-state index contributed by atoms with van der Waals surface area (Å²) in [4.78, 5) is 0. The van der Waals surface area contributed by atoms with Gasteiger partial charge in [-0.1, -0.05) is 18.2 Å². The number of nitrogens with one attached hydrogen (secondary N) is 1. The molecular weight excluding hydrogens is 266 g/mol. The van der Waals surface area contributed by atoms with Gasteiger partial charge in [-0.25, -0.2) is 0 Å². The van der Waals surface area contributed by atoms with Crippen molar-refractivity contribution in [2.45, 2.75) is 38.4 Å². The van der Waals surface area contributed by atoms with Crippen LogP contribution >= 0.6 is 0 Å². The van der Waals surface area contributed by atoms with Gasteiger partial charge in [-0.15, -0.1) is 0 Å². The van der Waals surface area contributed by atoms with Crippen LogP contribution in [0.15, 0.2) is 24.3 Å². The molecule has 1 fully saturated rings. The van der Waals surface area contributed by atoms with Gasteiger partial charge in [0.2, 0.25) is 0 Å². The molecule has 0 unspecified atom stereocenters. The lowest BCUT2D eigenvalue weighted by Crippen LogP contribution is -2.51. The molecule has 3 rings (SSSR count). The number of rotatable bonds is 5. The van der Waals surface area contributed by atoms with Crippen LogP contribution in [0, 0.1) is 0 Å². The van der Waals surface area contributed by atoms with E-state index in [4.69, 9.17) is 9.84 Å². The number of ether oxygens (including phenoxy) is 1. The lowest BCUT2D eigenvalue weighted by atomic mass is 9.91. The van der Waals surface area contributed by atoms with Crippen molar-refractivity contribution in [3.05, 3.63) is 30.0 Å². The van der Waals surface area contributed by atoms with E-state index in [0.717, 1.165) is 25.1 Å². The number of aliphatic hydroxyl groups excluding tert-OH is 1. The van der Waals surface area contributed by atoms with E-state index < -0.39 is 0 Å². The number of aryl methyl sites for hydroxylation is 1. The molecule has 1 saturated heterocycles. The maximum absolute atomic E-state index is 9.74. The number of benzene rings is 1. The molecule has 0 amide bonds. The molecule has 0 aliphatic carbocycles. The summed E-state index contributed by atoms with van der Waals surface area (Å²) in [6.45, 7) is 5.19. The summed E-state index contributed by atoms with van der Waals surface area (Å²) in [5, 5.41) is 19.2. The van der Waals surface area contributed by atoms with E-state index in [2.05, 4.69) is 24.4 Å². The third-order valence-electron chi connectivity index (χ3n) is 4.42. The Hall–Kier alpha value is -1.43. The van der Waals surface area contributed by atoms with Gasteiger partial charge in [-0.05, 0) is 25.8 Å². The van der Waals surface area contributed by atoms with Crippen LogP contribution in [0.4, 0.5) is 0 Å². The van der Waals surface area contributed by atoms with Crippen molar-refractivity contribution in [3.63, 3.8) is 0 Å². The Labute approximate surface area is 124 Å². The molecule has 0 spiro atoms. The Balaban J connectivity index is 1.81. The third kappa shape index (κ3) is 2.81. The molecule has 1 aromatic carbocycles. The van der Waals surface area contributed by atoms with Gasteiger partial charge < -0.3 is 15.2 Å². The molecule has 0 bridgehead atoms. The average molecular weight is 289 g/mol. The molecule has 5 nitrogen and oxygen atoms in total. The number of aliphatic hydroxyl groups is 1. The summed E-state index contributed by atoms with van der Waals surface area (Å²) in [5.41, 5.74) is 1.99. The molecular formula is C16H23N3O2. The van der Waals surface area contributed by atoms with Gasteiger partial charge in [0.15, 0.2) is 0 Å². The van der Waals surface area contributed by atoms with E-state index in [-0.39, 0.29) is 12.1 Å². The third-order valence-corrected chi connectivity index (χ3v) is 4.42. The molecule has 1 aliphatic rings. The number of aromatic nitrogens is 2. The minimum atomic E-state index is -0.227. The molecule has 0 atom stereocenters. The van der Waals surface area contributed by atoms with Crippen LogP contribution in [0.1, 0.15) is 25.5 Å². The molecule has 1 aliphatic heterocycles. The molecule has 2 heterocycles. The van der Waals surface area contributed by atoms with E-state index in [1.54, 1.807) is 0 Å². The zero-order chi connectivity index (χ0) is 14.7. The van der Waals surface area contributed by atoms with Crippen molar-refractivity contribution in [2.24, 2.45) is 0 Å². The topological polar surface area (TPSA) is 59.3 Å². The average Bonchev–Trinajstić information content (AvgIpc) is 2.92. The van der Waals surface area contributed by atoms with Crippen LogP contribution in [0.25, 0.3) is 10.9 Å². The fraction of sp³-hybridized carbons (Fsp3) is 0.562. The molecule has 114 valence electrons. The Bertz CT molecular complexity index is 603. The summed E-state index contributed by atoms with van der Waals surface area (Å²) in [6.07, 6.45) is 1.69. The first-order valence-corrected chi connectivity index (χ1v) is 7.66. The summed E-state index contributed by atoms with van der Waals surface area (Å²) in [6, 6.07) is 8.30. The van der Waals surface area contributed by atoms with Gasteiger partial charge in [0, 0.05) is 37.2 Å². The normalized spacial score (nSPS) is 18.2. The van der Waals surface area contributed by atoms with Crippen LogP contribution in [0.2, 0.25) is 0 Å². The van der Waals surface area contributed by atoms with Gasteiger partial charge in [0.05, 0.1) is 17.8 Å². The standard InChI is InChI=1S/C16H23N3O2/c1-2-19-15-6-4-3-5-13(15)14(18-19)11-17-16(12-20)7-9-21-10-8-16/h3-6,17,20H,2,7-12H2,1H3. The van der Waals surface area contributed by atoms with Crippen LogP contribution in [-0.2, 0) is 17.8 Å². The Kier molecular flexibility index (Phi) is 4.24. The van der Waals surface area contributed by atoms with E-state index in [1.807, 2.05) is 16.8 Å². The van der Waals surface area contributed by atoms with Crippen LogP contribution < -0.4 is 5.32 Å². The molecule has 1 aromatic heterocycles. The largest absolute Gasteiger partial charge is 0.394 e. The van der Waals surface area contributed by atoms with Gasteiger partial charge >= 0.3 is 0 Å². The maximum atomic E-state index is 9.74. The Morgan fingerprint density at radius 1 is 1.33 bits per heavy atom. The number of hydrogen-bond donors (Lipinski definition) is 2. The predicted molar refractivity (Wildman–Crippen MR) is 82.1 cm³/mol. The number of hydrogen-bond acceptors (Lipinski definition) is 4. The highest BCUT2D eigenvalue weighted by molar-refractivity contribution is 5.81. The SMILES string of the molecule is CCn1nc(CNC2(CO)CCOCC2)c2ccccc21. The van der Waals surface area contributed by atoms with E-state index in [9.17, 15) is 5.11 Å². The smallest absolute Gasteiger partial charge is 0.0841 e. The zero-order valence-electron chi connectivity index (χ0n) is 12.5. The summed E-state index contributed by atoms with van der Waals surface area (Å²) < 4.78 is 7.43. The molecule has 0 radical (unpaired) electrons. The summed E-state index contributed by atoms with van der Waals surface area (Å²) in [5.74, 6) is 0. The summed E-state index contributed by atoms with van der Waals surface area (Å²) >= 11 is 0. The quantitative estimate of drug-likeness (QED) is 0.879. The first kappa shape index (κ1) is 14.5. The highest BCUT2D eigenvalue weighted by atomic mass is 16.5. The maximum Gasteiger partial charge on any atom is 0.0841 e. The van der Waals surface area contributed by atoms with Gasteiger partial charge in [0.1, 0.15) is 0 Å². The van der Waals surface area contributed by atoms with E-state index in [1.165, 1.54) is 10.9 Å². The lowest BCUT2D eigenvalue weighted by Gasteiger charge is -2.36. The second-order valence-corrected chi connectivity index (χ2v) is 5.68.